The molecule has 0 unspecified atom stereocenters. The second-order valence-corrected chi connectivity index (χ2v) is 8.24. The Morgan fingerprint density at radius 2 is 1.62 bits per heavy atom. The number of benzene rings is 2. The van der Waals surface area contributed by atoms with Gasteiger partial charge in [-0.1, -0.05) is 11.6 Å². The molecule has 0 saturated carbocycles. The van der Waals surface area contributed by atoms with E-state index in [1.54, 1.807) is 24.3 Å². The van der Waals surface area contributed by atoms with Crippen LogP contribution < -0.4 is 4.90 Å². The fraction of sp³-hybridized carbons (Fsp3) is 0.318. The summed E-state index contributed by atoms with van der Waals surface area (Å²) in [4.78, 5) is 43.1. The highest BCUT2D eigenvalue weighted by Gasteiger charge is 2.64. The van der Waals surface area contributed by atoms with E-state index < -0.39 is 23.7 Å². The van der Waals surface area contributed by atoms with Crippen LogP contribution in [0.3, 0.4) is 0 Å². The summed E-state index contributed by atoms with van der Waals surface area (Å²) in [7, 11) is 0. The highest BCUT2D eigenvalue weighted by molar-refractivity contribution is 6.31. The molecule has 0 radical (unpaired) electrons. The van der Waals surface area contributed by atoms with Crippen LogP contribution >= 0.6 is 11.6 Å². The Hall–Kier alpha value is -2.57. The number of fused-ring (bicyclic) bond motifs is 3. The Bertz CT molecular complexity index is 1010. The lowest BCUT2D eigenvalue weighted by Gasteiger charge is -2.27. The van der Waals surface area contributed by atoms with Gasteiger partial charge in [0.25, 0.3) is 0 Å². The summed E-state index contributed by atoms with van der Waals surface area (Å²) in [6, 6.07) is 11.1. The van der Waals surface area contributed by atoms with Crippen LogP contribution in [-0.4, -0.2) is 41.1 Å². The molecule has 0 aromatic heterocycles. The molecule has 148 valence electrons. The van der Waals surface area contributed by atoms with E-state index in [0.717, 1.165) is 12.8 Å². The summed E-state index contributed by atoms with van der Waals surface area (Å²) in [6.07, 6.45) is 1.66. The van der Waals surface area contributed by atoms with Crippen LogP contribution in [0.2, 0.25) is 5.02 Å². The molecule has 3 aliphatic rings. The first-order valence-electron chi connectivity index (χ1n) is 9.66. The number of hydrogen-bond donors (Lipinski definition) is 0. The van der Waals surface area contributed by atoms with Crippen molar-refractivity contribution in [2.24, 2.45) is 11.8 Å². The number of halogens is 2. The van der Waals surface area contributed by atoms with E-state index in [4.69, 9.17) is 11.6 Å². The maximum Gasteiger partial charge on any atom is 0.239 e. The average Bonchev–Trinajstić information content (AvgIpc) is 3.35. The van der Waals surface area contributed by atoms with Crippen LogP contribution in [0.4, 0.5) is 10.1 Å². The van der Waals surface area contributed by atoms with E-state index in [0.29, 0.717) is 22.8 Å². The van der Waals surface area contributed by atoms with Crippen molar-refractivity contribution in [2.45, 2.75) is 24.9 Å². The van der Waals surface area contributed by atoms with E-state index in [1.165, 1.54) is 29.2 Å². The molecule has 3 saturated heterocycles. The van der Waals surface area contributed by atoms with Gasteiger partial charge in [0.2, 0.25) is 11.8 Å². The molecule has 5 rings (SSSR count). The number of imide groups is 1. The lowest BCUT2D eigenvalue weighted by molar-refractivity contribution is -0.123. The number of hydrogen-bond acceptors (Lipinski definition) is 4. The summed E-state index contributed by atoms with van der Waals surface area (Å²) in [5.74, 6) is -2.52. The quantitative estimate of drug-likeness (QED) is 0.573. The van der Waals surface area contributed by atoms with Gasteiger partial charge in [0.15, 0.2) is 5.78 Å². The van der Waals surface area contributed by atoms with Gasteiger partial charge in [-0.05, 0) is 67.9 Å². The smallest absolute Gasteiger partial charge is 0.239 e. The number of rotatable bonds is 3. The maximum atomic E-state index is 13.3. The van der Waals surface area contributed by atoms with Gasteiger partial charge in [-0.3, -0.25) is 19.3 Å². The van der Waals surface area contributed by atoms with Crippen molar-refractivity contribution in [3.63, 3.8) is 0 Å². The molecule has 2 aromatic carbocycles. The molecule has 4 atom stereocenters. The standard InChI is InChI=1S/C22H18ClFN2O3/c23-13-5-9-15(10-6-13)26-21(28)17-16-2-1-11-25(16)19(18(17)22(26)29)20(27)12-3-7-14(24)8-4-12/h3-10,16-19H,1-2,11H2/t16-,17-,18+,19+/m1/s1. The summed E-state index contributed by atoms with van der Waals surface area (Å²) >= 11 is 5.94. The third kappa shape index (κ3) is 2.74. The summed E-state index contributed by atoms with van der Waals surface area (Å²) in [5, 5.41) is 0.513. The zero-order chi connectivity index (χ0) is 20.3. The first-order valence-corrected chi connectivity index (χ1v) is 10.0. The zero-order valence-corrected chi connectivity index (χ0v) is 16.2. The van der Waals surface area contributed by atoms with E-state index in [1.807, 2.05) is 4.90 Å². The van der Waals surface area contributed by atoms with Crippen LogP contribution in [0.5, 0.6) is 0 Å². The number of nitrogens with zero attached hydrogens (tertiary/aromatic N) is 2. The molecule has 0 spiro atoms. The lowest BCUT2D eigenvalue weighted by Crippen LogP contribution is -2.46. The summed E-state index contributed by atoms with van der Waals surface area (Å²) in [6.45, 7) is 0.677. The monoisotopic (exact) mass is 412 g/mol. The van der Waals surface area contributed by atoms with Gasteiger partial charge in [-0.2, -0.15) is 0 Å². The van der Waals surface area contributed by atoms with Gasteiger partial charge in [-0.15, -0.1) is 0 Å². The van der Waals surface area contributed by atoms with Crippen molar-refractivity contribution in [2.75, 3.05) is 11.4 Å². The Labute approximate surface area is 172 Å². The molecular formula is C22H18ClFN2O3. The average molecular weight is 413 g/mol. The first-order chi connectivity index (χ1) is 14.0. The SMILES string of the molecule is O=C(c1ccc(F)cc1)[C@@H]1[C@H]2C(=O)N(c3ccc(Cl)cc3)C(=O)[C@@H]2[C@H]2CCCN21. The topological polar surface area (TPSA) is 57.7 Å². The lowest BCUT2D eigenvalue weighted by atomic mass is 9.85. The number of ketones is 1. The Balaban J connectivity index is 1.54. The molecular weight excluding hydrogens is 395 g/mol. The molecule has 3 fully saturated rings. The zero-order valence-electron chi connectivity index (χ0n) is 15.4. The van der Waals surface area contributed by atoms with Crippen LogP contribution in [0.1, 0.15) is 23.2 Å². The van der Waals surface area contributed by atoms with Crippen LogP contribution in [0, 0.1) is 17.7 Å². The Kier molecular flexibility index (Phi) is 4.29. The molecule has 29 heavy (non-hydrogen) atoms. The van der Waals surface area contributed by atoms with Crippen molar-refractivity contribution in [1.82, 2.24) is 4.90 Å². The molecule has 0 aliphatic carbocycles. The Morgan fingerprint density at radius 1 is 0.966 bits per heavy atom. The fourth-order valence-corrected chi connectivity index (χ4v) is 5.27. The van der Waals surface area contributed by atoms with Gasteiger partial charge < -0.3 is 0 Å². The normalized spacial score (nSPS) is 28.7. The van der Waals surface area contributed by atoms with E-state index in [-0.39, 0.29) is 23.6 Å². The predicted octanol–water partition coefficient (Wildman–Crippen LogP) is 3.31. The van der Waals surface area contributed by atoms with Gasteiger partial charge in [-0.25, -0.2) is 9.29 Å². The molecule has 3 aliphatic heterocycles. The van der Waals surface area contributed by atoms with Crippen LogP contribution in [0.25, 0.3) is 0 Å². The van der Waals surface area contributed by atoms with Crippen molar-refractivity contribution in [1.29, 1.82) is 0 Å². The summed E-state index contributed by atoms with van der Waals surface area (Å²) < 4.78 is 13.3. The highest BCUT2D eigenvalue weighted by Crippen LogP contribution is 2.48. The molecule has 0 bridgehead atoms. The van der Waals surface area contributed by atoms with E-state index in [9.17, 15) is 18.8 Å². The van der Waals surface area contributed by atoms with Crippen molar-refractivity contribution < 1.29 is 18.8 Å². The minimum atomic E-state index is -0.721. The van der Waals surface area contributed by atoms with Crippen LogP contribution in [0.15, 0.2) is 48.5 Å². The van der Waals surface area contributed by atoms with Crippen molar-refractivity contribution in [3.05, 3.63) is 64.9 Å². The van der Waals surface area contributed by atoms with Gasteiger partial charge in [0, 0.05) is 16.6 Å². The molecule has 5 nitrogen and oxygen atoms in total. The molecule has 0 N–H and O–H groups in total. The molecule has 2 aromatic rings. The van der Waals surface area contributed by atoms with Crippen LogP contribution in [-0.2, 0) is 9.59 Å². The number of Topliss-reactive ketones (excluding diaryl/α,β-unsaturated/α-hetero) is 1. The number of amides is 2. The first kappa shape index (κ1) is 18.5. The van der Waals surface area contributed by atoms with Gasteiger partial charge >= 0.3 is 0 Å². The third-order valence-electron chi connectivity index (χ3n) is 6.33. The molecule has 2 amide bonds. The minimum absolute atomic E-state index is 0.122. The van der Waals surface area contributed by atoms with E-state index >= 15 is 0 Å². The fourth-order valence-electron chi connectivity index (χ4n) is 5.14. The largest absolute Gasteiger partial charge is 0.292 e. The molecule has 3 heterocycles. The minimum Gasteiger partial charge on any atom is -0.292 e. The second kappa shape index (κ2) is 6.75. The predicted molar refractivity (Wildman–Crippen MR) is 105 cm³/mol. The number of carbonyl (C=O) groups excluding carboxylic acids is 3. The number of anilines is 1. The van der Waals surface area contributed by atoms with Gasteiger partial charge in [0.1, 0.15) is 5.82 Å². The molecule has 7 heteroatoms. The number of carbonyl (C=O) groups is 3. The van der Waals surface area contributed by atoms with Crippen molar-refractivity contribution in [3.8, 4) is 0 Å². The highest BCUT2D eigenvalue weighted by atomic mass is 35.5. The Morgan fingerprint density at radius 3 is 2.31 bits per heavy atom. The third-order valence-corrected chi connectivity index (χ3v) is 6.59. The van der Waals surface area contributed by atoms with Gasteiger partial charge in [0.05, 0.1) is 23.6 Å². The second-order valence-electron chi connectivity index (χ2n) is 7.80. The maximum absolute atomic E-state index is 13.3. The van der Waals surface area contributed by atoms with Crippen molar-refractivity contribution >= 4 is 34.9 Å². The summed E-state index contributed by atoms with van der Waals surface area (Å²) in [5.41, 5.74) is 0.823. The van der Waals surface area contributed by atoms with E-state index in [2.05, 4.69) is 0 Å².